The van der Waals surface area contributed by atoms with Gasteiger partial charge < -0.3 is 14.0 Å². The molecule has 0 spiro atoms. The summed E-state index contributed by atoms with van der Waals surface area (Å²) in [5, 5.41) is 13.0. The van der Waals surface area contributed by atoms with Crippen LogP contribution in [0.1, 0.15) is 17.3 Å². The zero-order valence-corrected chi connectivity index (χ0v) is 18.4. The summed E-state index contributed by atoms with van der Waals surface area (Å²) >= 11 is 1.23. The number of carbonyl (C=O) groups is 1. The van der Waals surface area contributed by atoms with Crippen molar-refractivity contribution in [2.24, 2.45) is 4.99 Å². The molecular formula is C23H21N3O5S. The van der Waals surface area contributed by atoms with E-state index in [1.807, 2.05) is 41.8 Å². The van der Waals surface area contributed by atoms with Gasteiger partial charge in [-0.3, -0.25) is 14.9 Å². The number of fused-ring (bicyclic) bond motifs is 2. The molecule has 1 heterocycles. The van der Waals surface area contributed by atoms with Crippen molar-refractivity contribution in [2.45, 2.75) is 13.5 Å². The maximum absolute atomic E-state index is 13.2. The SMILES string of the molecule is CCOCCn1c(=NC(=O)c2cc3ccccc3cc2OC)sc2cc([N+](=O)[O-])ccc21. The number of ether oxygens (including phenoxy) is 2. The number of nitro groups is 1. The standard InChI is InChI=1S/C23H21N3O5S/c1-3-31-11-10-25-19-9-8-17(26(28)29)14-21(19)32-23(25)24-22(27)18-12-15-6-4-5-7-16(15)13-20(18)30-2/h4-9,12-14H,3,10-11H2,1-2H3. The number of amides is 1. The smallest absolute Gasteiger partial charge is 0.283 e. The molecule has 0 N–H and O–H groups in total. The Labute approximate surface area is 187 Å². The zero-order chi connectivity index (χ0) is 22.7. The third-order valence-electron chi connectivity index (χ3n) is 5.04. The van der Waals surface area contributed by atoms with E-state index in [4.69, 9.17) is 9.47 Å². The summed E-state index contributed by atoms with van der Waals surface area (Å²) in [7, 11) is 1.52. The van der Waals surface area contributed by atoms with Crippen LogP contribution in [0.25, 0.3) is 21.0 Å². The number of rotatable bonds is 7. The Morgan fingerprint density at radius 1 is 1.16 bits per heavy atom. The number of nitro benzene ring substituents is 1. The second-order valence-electron chi connectivity index (χ2n) is 6.96. The van der Waals surface area contributed by atoms with E-state index >= 15 is 0 Å². The van der Waals surface area contributed by atoms with Gasteiger partial charge in [0.05, 0.1) is 34.4 Å². The topological polar surface area (TPSA) is 96.0 Å². The first-order chi connectivity index (χ1) is 15.5. The second kappa shape index (κ2) is 9.29. The molecule has 0 unspecified atom stereocenters. The number of hydrogen-bond donors (Lipinski definition) is 0. The average molecular weight is 452 g/mol. The third-order valence-corrected chi connectivity index (χ3v) is 6.08. The van der Waals surface area contributed by atoms with E-state index in [-0.39, 0.29) is 5.69 Å². The first-order valence-corrected chi connectivity index (χ1v) is 10.8. The van der Waals surface area contributed by atoms with Crippen molar-refractivity contribution in [3.8, 4) is 5.75 Å². The number of non-ortho nitro benzene ring substituents is 1. The largest absolute Gasteiger partial charge is 0.496 e. The van der Waals surface area contributed by atoms with Gasteiger partial charge >= 0.3 is 0 Å². The zero-order valence-electron chi connectivity index (χ0n) is 17.6. The lowest BCUT2D eigenvalue weighted by molar-refractivity contribution is -0.384. The maximum Gasteiger partial charge on any atom is 0.283 e. The van der Waals surface area contributed by atoms with Crippen LogP contribution < -0.4 is 9.54 Å². The monoisotopic (exact) mass is 451 g/mol. The van der Waals surface area contributed by atoms with Crippen molar-refractivity contribution in [2.75, 3.05) is 20.3 Å². The molecule has 1 aromatic heterocycles. The highest BCUT2D eigenvalue weighted by atomic mass is 32.1. The molecule has 0 radical (unpaired) electrons. The molecule has 32 heavy (non-hydrogen) atoms. The highest BCUT2D eigenvalue weighted by Crippen LogP contribution is 2.27. The fourth-order valence-corrected chi connectivity index (χ4v) is 4.57. The fraction of sp³-hybridized carbons (Fsp3) is 0.217. The van der Waals surface area contributed by atoms with Crippen LogP contribution in [-0.4, -0.2) is 35.7 Å². The molecule has 4 rings (SSSR count). The van der Waals surface area contributed by atoms with E-state index in [0.717, 1.165) is 16.3 Å². The lowest BCUT2D eigenvalue weighted by Gasteiger charge is -2.08. The van der Waals surface area contributed by atoms with Gasteiger partial charge in [-0.1, -0.05) is 35.6 Å². The molecule has 3 aromatic carbocycles. The molecule has 0 aliphatic rings. The van der Waals surface area contributed by atoms with Crippen molar-refractivity contribution in [3.63, 3.8) is 0 Å². The lowest BCUT2D eigenvalue weighted by Crippen LogP contribution is -2.20. The molecule has 0 bridgehead atoms. The van der Waals surface area contributed by atoms with Crippen LogP contribution in [0.4, 0.5) is 5.69 Å². The second-order valence-corrected chi connectivity index (χ2v) is 7.97. The van der Waals surface area contributed by atoms with Crippen LogP contribution in [0.15, 0.2) is 59.6 Å². The minimum absolute atomic E-state index is 0.00946. The number of aromatic nitrogens is 1. The number of hydrogen-bond acceptors (Lipinski definition) is 6. The van der Waals surface area contributed by atoms with E-state index in [2.05, 4.69) is 4.99 Å². The Bertz CT molecular complexity index is 1390. The normalized spacial score (nSPS) is 11.9. The maximum atomic E-state index is 13.2. The highest BCUT2D eigenvalue weighted by Gasteiger charge is 2.16. The molecule has 0 aliphatic heterocycles. The minimum atomic E-state index is -0.446. The molecular weight excluding hydrogens is 430 g/mol. The lowest BCUT2D eigenvalue weighted by atomic mass is 10.1. The average Bonchev–Trinajstić information content (AvgIpc) is 3.14. The van der Waals surface area contributed by atoms with Gasteiger partial charge in [-0.2, -0.15) is 4.99 Å². The summed E-state index contributed by atoms with van der Waals surface area (Å²) in [4.78, 5) is 28.7. The first-order valence-electron chi connectivity index (χ1n) is 10.0. The van der Waals surface area contributed by atoms with E-state index in [1.54, 1.807) is 12.1 Å². The Kier molecular flexibility index (Phi) is 6.29. The molecule has 0 atom stereocenters. The van der Waals surface area contributed by atoms with Crippen molar-refractivity contribution in [1.82, 2.24) is 4.57 Å². The molecule has 0 fully saturated rings. The third kappa shape index (κ3) is 4.25. The molecule has 1 amide bonds. The van der Waals surface area contributed by atoms with E-state index in [0.29, 0.717) is 40.6 Å². The molecule has 164 valence electrons. The van der Waals surface area contributed by atoms with Crippen LogP contribution in [0.5, 0.6) is 5.75 Å². The van der Waals surface area contributed by atoms with Gasteiger partial charge in [-0.05, 0) is 35.9 Å². The predicted molar refractivity (Wildman–Crippen MR) is 123 cm³/mol. The summed E-state index contributed by atoms with van der Waals surface area (Å²) in [6.07, 6.45) is 0. The Hall–Kier alpha value is -3.56. The summed E-state index contributed by atoms with van der Waals surface area (Å²) in [6, 6.07) is 15.9. The van der Waals surface area contributed by atoms with Gasteiger partial charge in [0.15, 0.2) is 4.80 Å². The minimum Gasteiger partial charge on any atom is -0.496 e. The quantitative estimate of drug-likeness (QED) is 0.233. The van der Waals surface area contributed by atoms with E-state index < -0.39 is 10.8 Å². The molecule has 8 nitrogen and oxygen atoms in total. The fourth-order valence-electron chi connectivity index (χ4n) is 3.48. The van der Waals surface area contributed by atoms with Crippen molar-refractivity contribution < 1.29 is 19.2 Å². The van der Waals surface area contributed by atoms with Crippen LogP contribution in [0.3, 0.4) is 0 Å². The number of benzene rings is 3. The Balaban J connectivity index is 1.84. The van der Waals surface area contributed by atoms with Gasteiger partial charge in [-0.15, -0.1) is 0 Å². The van der Waals surface area contributed by atoms with Gasteiger partial charge in [0.1, 0.15) is 5.75 Å². The number of carbonyl (C=O) groups excluding carboxylic acids is 1. The van der Waals surface area contributed by atoms with E-state index in [1.165, 1.54) is 30.6 Å². The Morgan fingerprint density at radius 2 is 1.91 bits per heavy atom. The van der Waals surface area contributed by atoms with Crippen LogP contribution in [0.2, 0.25) is 0 Å². The molecule has 0 aliphatic carbocycles. The summed E-state index contributed by atoms with van der Waals surface area (Å²) < 4.78 is 13.4. The number of nitrogens with zero attached hydrogens (tertiary/aromatic N) is 3. The molecule has 0 saturated heterocycles. The van der Waals surface area contributed by atoms with Gasteiger partial charge in [-0.25, -0.2) is 0 Å². The van der Waals surface area contributed by atoms with Gasteiger partial charge in [0, 0.05) is 25.3 Å². The van der Waals surface area contributed by atoms with Crippen LogP contribution in [-0.2, 0) is 11.3 Å². The van der Waals surface area contributed by atoms with Crippen molar-refractivity contribution >= 4 is 43.9 Å². The first kappa shape index (κ1) is 21.7. The van der Waals surface area contributed by atoms with Crippen LogP contribution in [0, 0.1) is 10.1 Å². The predicted octanol–water partition coefficient (Wildman–Crippen LogP) is 4.55. The molecule has 9 heteroatoms. The summed E-state index contributed by atoms with van der Waals surface area (Å²) in [5.74, 6) is -0.00566. The van der Waals surface area contributed by atoms with Crippen molar-refractivity contribution in [3.05, 3.63) is 75.1 Å². The summed E-state index contributed by atoms with van der Waals surface area (Å²) in [5.41, 5.74) is 1.10. The van der Waals surface area contributed by atoms with Gasteiger partial charge in [0.25, 0.3) is 11.6 Å². The van der Waals surface area contributed by atoms with Crippen molar-refractivity contribution in [1.29, 1.82) is 0 Å². The Morgan fingerprint density at radius 3 is 2.59 bits per heavy atom. The highest BCUT2D eigenvalue weighted by molar-refractivity contribution is 7.16. The summed E-state index contributed by atoms with van der Waals surface area (Å²) in [6.45, 7) is 3.36. The molecule has 0 saturated carbocycles. The van der Waals surface area contributed by atoms with Crippen LogP contribution >= 0.6 is 11.3 Å². The number of methoxy groups -OCH3 is 1. The van der Waals surface area contributed by atoms with Gasteiger partial charge in [0.2, 0.25) is 0 Å². The number of thiazole rings is 1. The molecule has 4 aromatic rings. The van der Waals surface area contributed by atoms with E-state index in [9.17, 15) is 14.9 Å².